The van der Waals surface area contributed by atoms with Crippen molar-refractivity contribution in [3.63, 3.8) is 0 Å². The van der Waals surface area contributed by atoms with Gasteiger partial charge >= 0.3 is 59.1 Å². The number of rotatable bonds is 12. The van der Waals surface area contributed by atoms with Gasteiger partial charge in [-0.2, -0.15) is 0 Å². The Bertz CT molecular complexity index is 139. The van der Waals surface area contributed by atoms with Crippen LogP contribution in [0.25, 0.3) is 0 Å². The van der Waals surface area contributed by atoms with E-state index in [1.807, 2.05) is 0 Å². The minimum atomic E-state index is -0.199. The molecule has 0 aliphatic heterocycles. The first kappa shape index (κ1) is 31.4. The van der Waals surface area contributed by atoms with E-state index >= 15 is 0 Å². The summed E-state index contributed by atoms with van der Waals surface area (Å²) >= 11 is 0. The van der Waals surface area contributed by atoms with E-state index < -0.39 is 0 Å². The van der Waals surface area contributed by atoms with E-state index in [1.54, 1.807) is 0 Å². The molecule has 10 heteroatoms. The van der Waals surface area contributed by atoms with Crippen molar-refractivity contribution in [1.82, 2.24) is 0 Å². The Morgan fingerprint density at radius 3 is 0.591 bits per heavy atom. The quantitative estimate of drug-likeness (QED) is 0.337. The van der Waals surface area contributed by atoms with Crippen LogP contribution in [0.5, 0.6) is 0 Å². The Balaban J connectivity index is -0.000000135. The van der Waals surface area contributed by atoms with Gasteiger partial charge in [0.15, 0.2) is 0 Å². The Labute approximate surface area is 177 Å². The van der Waals surface area contributed by atoms with E-state index in [-0.39, 0.29) is 98.8 Å². The standard InChI is InChI=1S/2C6H12NO3.2Na/c2*8-4-1-7(2-5-9)3-6-10;;/h2*1-6H2;;/q2*-3;2*+1/p+2. The SMILES string of the molecule is [Na+].[Na+].[O-]CC[NH+](CC[O-])CC[O-].[O-]CC[NH+](CC[O-])CC[O-]. The van der Waals surface area contributed by atoms with Gasteiger partial charge < -0.3 is 40.4 Å². The van der Waals surface area contributed by atoms with Crippen LogP contribution in [-0.4, -0.2) is 78.9 Å². The molecule has 0 aromatic heterocycles. The zero-order valence-electron chi connectivity index (χ0n) is 13.9. The third-order valence-corrected chi connectivity index (χ3v) is 2.73. The minimum Gasteiger partial charge on any atom is -0.850 e. The fourth-order valence-electron chi connectivity index (χ4n) is 1.62. The fraction of sp³-hybridized carbons (Fsp3) is 1.00. The predicted octanol–water partition coefficient (Wildman–Crippen LogP) is -16.1. The zero-order chi connectivity index (χ0) is 15.6. The fourth-order valence-corrected chi connectivity index (χ4v) is 1.62. The largest absolute Gasteiger partial charge is 1.00 e. The van der Waals surface area contributed by atoms with Crippen LogP contribution in [-0.2, 0) is 0 Å². The summed E-state index contributed by atoms with van der Waals surface area (Å²) in [5.41, 5.74) is 0. The Hall–Kier alpha value is 1.68. The first-order valence-electron chi connectivity index (χ1n) is 6.85. The molecule has 0 spiro atoms. The van der Waals surface area contributed by atoms with Crippen LogP contribution in [0, 0.1) is 0 Å². The molecule has 2 N–H and O–H groups in total. The van der Waals surface area contributed by atoms with Gasteiger partial charge in [-0.15, -0.1) is 0 Å². The maximum atomic E-state index is 10.1. The van der Waals surface area contributed by atoms with Crippen molar-refractivity contribution in [2.75, 3.05) is 78.9 Å². The van der Waals surface area contributed by atoms with Crippen LogP contribution >= 0.6 is 0 Å². The summed E-state index contributed by atoms with van der Waals surface area (Å²) in [6.07, 6.45) is 0. The van der Waals surface area contributed by atoms with Crippen molar-refractivity contribution in [3.8, 4) is 0 Å². The van der Waals surface area contributed by atoms with Gasteiger partial charge in [-0.05, 0) is 0 Å². The van der Waals surface area contributed by atoms with Gasteiger partial charge in [-0.3, -0.25) is 0 Å². The maximum absolute atomic E-state index is 10.1. The van der Waals surface area contributed by atoms with E-state index in [1.165, 1.54) is 0 Å². The summed E-state index contributed by atoms with van der Waals surface area (Å²) in [7, 11) is 0. The van der Waals surface area contributed by atoms with E-state index in [4.69, 9.17) is 0 Å². The molecular weight excluding hydrogens is 314 g/mol. The normalized spacial score (nSPS) is 9.82. The molecule has 0 radical (unpaired) electrons. The summed E-state index contributed by atoms with van der Waals surface area (Å²) in [5, 5.41) is 60.4. The second-order valence-electron chi connectivity index (χ2n) is 4.22. The van der Waals surface area contributed by atoms with Crippen molar-refractivity contribution in [2.45, 2.75) is 0 Å². The summed E-state index contributed by atoms with van der Waals surface area (Å²) in [4.78, 5) is 1.69. The second-order valence-corrected chi connectivity index (χ2v) is 4.22. The molecule has 0 saturated carbocycles. The molecule has 0 amide bonds. The molecule has 0 atom stereocenters. The number of hydrogen-bond donors (Lipinski definition) is 2. The van der Waals surface area contributed by atoms with Crippen LogP contribution in [0.4, 0.5) is 0 Å². The average molecular weight is 340 g/mol. The van der Waals surface area contributed by atoms with Crippen molar-refractivity contribution in [1.29, 1.82) is 0 Å². The van der Waals surface area contributed by atoms with Gasteiger partial charge in [-0.25, -0.2) is 0 Å². The summed E-state index contributed by atoms with van der Waals surface area (Å²) in [6.45, 7) is 1.25. The Morgan fingerprint density at radius 1 is 0.364 bits per heavy atom. The van der Waals surface area contributed by atoms with Crippen molar-refractivity contribution < 1.29 is 99.6 Å². The molecule has 0 aromatic carbocycles. The van der Waals surface area contributed by atoms with Gasteiger partial charge in [0.1, 0.15) is 0 Å². The molecule has 0 bridgehead atoms. The van der Waals surface area contributed by atoms with Crippen molar-refractivity contribution in [2.24, 2.45) is 0 Å². The second kappa shape index (κ2) is 27.5. The van der Waals surface area contributed by atoms with Crippen LogP contribution < -0.4 is 99.6 Å². The molecule has 0 unspecified atom stereocenters. The number of quaternary nitrogens is 2. The molecule has 22 heavy (non-hydrogen) atoms. The van der Waals surface area contributed by atoms with Gasteiger partial charge in [0, 0.05) is 0 Å². The Kier molecular flexibility index (Phi) is 39.3. The first-order valence-corrected chi connectivity index (χ1v) is 6.85. The third kappa shape index (κ3) is 23.9. The van der Waals surface area contributed by atoms with Crippen LogP contribution in [0.2, 0.25) is 0 Å². The van der Waals surface area contributed by atoms with E-state index in [0.29, 0.717) is 39.3 Å². The molecule has 8 nitrogen and oxygen atoms in total. The van der Waals surface area contributed by atoms with Gasteiger partial charge in [0.2, 0.25) is 0 Å². The van der Waals surface area contributed by atoms with Gasteiger partial charge in [0.25, 0.3) is 0 Å². The van der Waals surface area contributed by atoms with Gasteiger partial charge in [0.05, 0.1) is 39.3 Å². The molecule has 0 aromatic rings. The molecule has 0 saturated heterocycles. The molecule has 124 valence electrons. The number of nitrogens with one attached hydrogen (secondary N) is 2. The molecule has 0 aliphatic carbocycles. The summed E-state index contributed by atoms with van der Waals surface area (Å²) < 4.78 is 0. The molecule has 0 aliphatic rings. The van der Waals surface area contributed by atoms with E-state index in [9.17, 15) is 30.6 Å². The first-order chi connectivity index (χ1) is 9.69. The van der Waals surface area contributed by atoms with Crippen LogP contribution in [0.3, 0.4) is 0 Å². The van der Waals surface area contributed by atoms with Crippen molar-refractivity contribution >= 4 is 0 Å². The third-order valence-electron chi connectivity index (χ3n) is 2.73. The number of hydrogen-bond acceptors (Lipinski definition) is 6. The maximum Gasteiger partial charge on any atom is 1.00 e. The molecule has 0 heterocycles. The topological polar surface area (TPSA) is 147 Å². The average Bonchev–Trinajstić information content (AvgIpc) is 2.41. The predicted molar refractivity (Wildman–Crippen MR) is 60.3 cm³/mol. The van der Waals surface area contributed by atoms with Crippen LogP contribution in [0.1, 0.15) is 0 Å². The molecular formula is C12H26N2Na2O6-2. The van der Waals surface area contributed by atoms with E-state index in [2.05, 4.69) is 0 Å². The summed E-state index contributed by atoms with van der Waals surface area (Å²) in [6, 6.07) is 0. The van der Waals surface area contributed by atoms with Crippen LogP contribution in [0.15, 0.2) is 0 Å². The monoisotopic (exact) mass is 340 g/mol. The van der Waals surface area contributed by atoms with Gasteiger partial charge in [-0.1, -0.05) is 39.6 Å². The Morgan fingerprint density at radius 2 is 0.500 bits per heavy atom. The summed E-state index contributed by atoms with van der Waals surface area (Å²) in [5.74, 6) is 0. The minimum absolute atomic E-state index is 0. The zero-order valence-corrected chi connectivity index (χ0v) is 17.9. The molecule has 0 rings (SSSR count). The van der Waals surface area contributed by atoms with E-state index in [0.717, 1.165) is 9.80 Å². The smallest absolute Gasteiger partial charge is 0.850 e. The van der Waals surface area contributed by atoms with Crippen molar-refractivity contribution in [3.05, 3.63) is 0 Å². The molecule has 0 fully saturated rings.